The van der Waals surface area contributed by atoms with E-state index in [-0.39, 0.29) is 28.3 Å². The van der Waals surface area contributed by atoms with Crippen molar-refractivity contribution in [3.05, 3.63) is 71.0 Å². The van der Waals surface area contributed by atoms with Crippen LogP contribution < -0.4 is 4.74 Å². The molecule has 7 nitrogen and oxygen atoms in total. The van der Waals surface area contributed by atoms with Crippen LogP contribution in [0, 0.1) is 0 Å². The molecule has 0 radical (unpaired) electrons. The van der Waals surface area contributed by atoms with Crippen LogP contribution in [0.5, 0.6) is 11.5 Å². The van der Waals surface area contributed by atoms with E-state index in [1.165, 1.54) is 25.3 Å². The Morgan fingerprint density at radius 2 is 1.82 bits per heavy atom. The highest BCUT2D eigenvalue weighted by Gasteiger charge is 2.30. The molecule has 4 rings (SSSR count). The van der Waals surface area contributed by atoms with Gasteiger partial charge >= 0.3 is 6.18 Å². The molecule has 1 aliphatic rings. The van der Waals surface area contributed by atoms with Gasteiger partial charge in [-0.05, 0) is 53.9 Å². The van der Waals surface area contributed by atoms with E-state index < -0.39 is 21.6 Å². The monoisotopic (exact) mass is 479 g/mol. The molecule has 1 amide bonds. The predicted molar refractivity (Wildman–Crippen MR) is 113 cm³/mol. The largest absolute Gasteiger partial charge is 0.457 e. The zero-order chi connectivity index (χ0) is 23.8. The van der Waals surface area contributed by atoms with E-state index in [0.717, 1.165) is 23.3 Å². The third kappa shape index (κ3) is 4.87. The van der Waals surface area contributed by atoms with Crippen molar-refractivity contribution in [2.24, 2.45) is 0 Å². The second-order valence-electron chi connectivity index (χ2n) is 7.53. The number of nitrogens with zero attached hydrogens (tertiary/aromatic N) is 2. The molecule has 33 heavy (non-hydrogen) atoms. The summed E-state index contributed by atoms with van der Waals surface area (Å²) in [7, 11) is -3.54. The van der Waals surface area contributed by atoms with Gasteiger partial charge in [0.25, 0.3) is 5.91 Å². The van der Waals surface area contributed by atoms with Crippen molar-refractivity contribution in [1.82, 2.24) is 14.9 Å². The molecule has 1 N–H and O–H groups in total. The number of fused-ring (bicyclic) bond motifs is 1. The van der Waals surface area contributed by atoms with E-state index in [9.17, 15) is 26.4 Å². The number of hydrogen-bond acceptors (Lipinski definition) is 5. The lowest BCUT2D eigenvalue weighted by molar-refractivity contribution is -0.137. The molecule has 11 heteroatoms. The highest BCUT2D eigenvalue weighted by Crippen LogP contribution is 2.32. The fourth-order valence-electron chi connectivity index (χ4n) is 3.49. The Bertz CT molecular complexity index is 1280. The Balaban J connectivity index is 1.45. The number of benzene rings is 2. The van der Waals surface area contributed by atoms with Gasteiger partial charge in [-0.2, -0.15) is 13.2 Å². The number of amides is 1. The van der Waals surface area contributed by atoms with Gasteiger partial charge in [0.15, 0.2) is 0 Å². The second-order valence-corrected chi connectivity index (χ2v) is 9.72. The molecule has 0 fully saturated rings. The Hall–Kier alpha value is -3.34. The molecule has 0 saturated heterocycles. The minimum absolute atomic E-state index is 0.0349. The molecular formula is C22H20F3N3O4S. The number of H-pyrrole nitrogens is 1. The van der Waals surface area contributed by atoms with Gasteiger partial charge in [-0.3, -0.25) is 4.79 Å². The lowest BCUT2D eigenvalue weighted by Gasteiger charge is -2.28. The first-order chi connectivity index (χ1) is 15.6. The van der Waals surface area contributed by atoms with Crippen LogP contribution in [0.1, 0.15) is 34.1 Å². The Labute approximate surface area is 188 Å². The van der Waals surface area contributed by atoms with Gasteiger partial charge in [0.1, 0.15) is 17.2 Å². The first-order valence-corrected chi connectivity index (χ1v) is 11.8. The van der Waals surface area contributed by atoms with Crippen LogP contribution in [0.3, 0.4) is 0 Å². The molecule has 1 aromatic heterocycles. The normalized spacial score (nSPS) is 14.1. The Kier molecular flexibility index (Phi) is 5.91. The smallest absolute Gasteiger partial charge is 0.416 e. The SMILES string of the molecule is CCS(=O)(=O)c1nc(C(=O)N2CCc3cc(Oc4ccc(C(F)(F)F)cc4)ccc3C2)c[nH]1. The third-order valence-corrected chi connectivity index (χ3v) is 6.90. The fourth-order valence-corrected chi connectivity index (χ4v) is 4.24. The molecule has 174 valence electrons. The lowest BCUT2D eigenvalue weighted by atomic mass is 9.99. The number of rotatable bonds is 5. The number of carbonyl (C=O) groups is 1. The van der Waals surface area contributed by atoms with Crippen LogP contribution in [0.2, 0.25) is 0 Å². The molecule has 2 heterocycles. The number of ether oxygens (including phenoxy) is 1. The number of sulfone groups is 1. The summed E-state index contributed by atoms with van der Waals surface area (Å²) in [5.74, 6) is 0.267. The summed E-state index contributed by atoms with van der Waals surface area (Å²) >= 11 is 0. The van der Waals surface area contributed by atoms with E-state index >= 15 is 0 Å². The van der Waals surface area contributed by atoms with Gasteiger partial charge in [0.05, 0.1) is 11.3 Å². The number of hydrogen-bond donors (Lipinski definition) is 1. The number of carbonyl (C=O) groups excluding carboxylic acids is 1. The summed E-state index contributed by atoms with van der Waals surface area (Å²) in [4.78, 5) is 20.9. The summed E-state index contributed by atoms with van der Waals surface area (Å²) in [5.41, 5.74) is 1.14. The zero-order valence-electron chi connectivity index (χ0n) is 17.5. The van der Waals surface area contributed by atoms with Crippen LogP contribution in [-0.2, 0) is 29.0 Å². The topological polar surface area (TPSA) is 92.4 Å². The summed E-state index contributed by atoms with van der Waals surface area (Å²) in [6, 6.07) is 9.73. The van der Waals surface area contributed by atoms with E-state index in [1.54, 1.807) is 23.1 Å². The zero-order valence-corrected chi connectivity index (χ0v) is 18.3. The minimum Gasteiger partial charge on any atom is -0.457 e. The van der Waals surface area contributed by atoms with Gasteiger partial charge in [0, 0.05) is 19.3 Å². The number of aromatic nitrogens is 2. The van der Waals surface area contributed by atoms with Crippen molar-refractivity contribution < 1.29 is 31.1 Å². The number of halogens is 3. The lowest BCUT2D eigenvalue weighted by Crippen LogP contribution is -2.36. The maximum Gasteiger partial charge on any atom is 0.416 e. The van der Waals surface area contributed by atoms with Crippen LogP contribution in [0.15, 0.2) is 53.8 Å². The number of alkyl halides is 3. The Morgan fingerprint density at radius 3 is 2.48 bits per heavy atom. The van der Waals surface area contributed by atoms with Gasteiger partial charge < -0.3 is 14.6 Å². The van der Waals surface area contributed by atoms with Crippen molar-refractivity contribution in [1.29, 1.82) is 0 Å². The highest BCUT2D eigenvalue weighted by atomic mass is 32.2. The fraction of sp³-hybridized carbons (Fsp3) is 0.273. The molecule has 1 aliphatic heterocycles. The van der Waals surface area contributed by atoms with Crippen LogP contribution >= 0.6 is 0 Å². The highest BCUT2D eigenvalue weighted by molar-refractivity contribution is 7.91. The van der Waals surface area contributed by atoms with Crippen molar-refractivity contribution in [2.45, 2.75) is 31.2 Å². The molecule has 0 saturated carbocycles. The predicted octanol–water partition coefficient (Wildman–Crippen LogP) is 4.21. The standard InChI is InChI=1S/C22H20F3N3O4S/c1-2-33(30,31)21-26-12-19(27-21)20(29)28-10-9-14-11-18(6-3-15(14)13-28)32-17-7-4-16(5-8-17)22(23,24)25/h3-8,11-12H,2,9-10,13H2,1H3,(H,26,27). The molecule has 3 aromatic rings. The Morgan fingerprint density at radius 1 is 1.12 bits per heavy atom. The van der Waals surface area contributed by atoms with Crippen molar-refractivity contribution >= 4 is 15.7 Å². The molecule has 0 spiro atoms. The maximum absolute atomic E-state index is 12.8. The second kappa shape index (κ2) is 8.54. The summed E-state index contributed by atoms with van der Waals surface area (Å²) in [5, 5.41) is -0.226. The van der Waals surface area contributed by atoms with Crippen LogP contribution in [0.4, 0.5) is 13.2 Å². The van der Waals surface area contributed by atoms with Crippen molar-refractivity contribution in [3.8, 4) is 11.5 Å². The molecule has 0 unspecified atom stereocenters. The minimum atomic E-state index is -4.41. The van der Waals surface area contributed by atoms with Gasteiger partial charge in [0.2, 0.25) is 15.0 Å². The van der Waals surface area contributed by atoms with Crippen molar-refractivity contribution in [3.63, 3.8) is 0 Å². The molecule has 2 aromatic carbocycles. The maximum atomic E-state index is 12.8. The average Bonchev–Trinajstić information content (AvgIpc) is 3.29. The summed E-state index contributed by atoms with van der Waals surface area (Å²) in [6.07, 6.45) is -2.58. The first-order valence-electron chi connectivity index (χ1n) is 10.1. The molecular weight excluding hydrogens is 459 g/mol. The molecule has 0 atom stereocenters. The third-order valence-electron chi connectivity index (χ3n) is 5.34. The van der Waals surface area contributed by atoms with Crippen LogP contribution in [0.25, 0.3) is 0 Å². The van der Waals surface area contributed by atoms with Crippen molar-refractivity contribution in [2.75, 3.05) is 12.3 Å². The van der Waals surface area contributed by atoms with Gasteiger partial charge in [-0.15, -0.1) is 0 Å². The first kappa shape index (κ1) is 22.8. The van der Waals surface area contributed by atoms with E-state index in [0.29, 0.717) is 25.3 Å². The van der Waals surface area contributed by atoms with Gasteiger partial charge in [-0.25, -0.2) is 13.4 Å². The van der Waals surface area contributed by atoms with Crippen LogP contribution in [-0.4, -0.2) is 41.5 Å². The van der Waals surface area contributed by atoms with E-state index in [4.69, 9.17) is 4.74 Å². The van der Waals surface area contributed by atoms with E-state index in [1.807, 2.05) is 0 Å². The summed E-state index contributed by atoms with van der Waals surface area (Å²) in [6.45, 7) is 2.21. The summed E-state index contributed by atoms with van der Waals surface area (Å²) < 4.78 is 67.6. The molecule has 0 bridgehead atoms. The van der Waals surface area contributed by atoms with Gasteiger partial charge in [-0.1, -0.05) is 13.0 Å². The number of aromatic amines is 1. The number of nitrogens with one attached hydrogen (secondary N) is 1. The number of imidazole rings is 1. The quantitative estimate of drug-likeness (QED) is 0.592. The van der Waals surface area contributed by atoms with E-state index in [2.05, 4.69) is 9.97 Å². The molecule has 0 aliphatic carbocycles. The average molecular weight is 479 g/mol.